The molecule has 154 valence electrons. The summed E-state index contributed by atoms with van der Waals surface area (Å²) in [5.41, 5.74) is 0. The van der Waals surface area contributed by atoms with E-state index in [1.807, 2.05) is 0 Å². The maximum atomic E-state index is 9.85. The number of carbonyl (C=O) groups excluding carboxylic acids is 1. The van der Waals surface area contributed by atoms with Gasteiger partial charge < -0.3 is 18.9 Å². The molecule has 0 heterocycles. The van der Waals surface area contributed by atoms with Gasteiger partial charge in [0.05, 0.1) is 13.7 Å². The fourth-order valence-corrected chi connectivity index (χ4v) is 2.82. The number of unbranched alkanes of at least 4 members (excludes halogenated alkanes) is 12. The Morgan fingerprint density at radius 3 is 1.35 bits per heavy atom. The van der Waals surface area contributed by atoms with E-state index in [9.17, 15) is 4.79 Å². The third-order valence-corrected chi connectivity index (χ3v) is 4.34. The highest BCUT2D eigenvalue weighted by Crippen LogP contribution is 2.09. The number of rotatable bonds is 23. The van der Waals surface area contributed by atoms with Gasteiger partial charge in [-0.25, -0.2) is 4.79 Å². The van der Waals surface area contributed by atoms with Crippen molar-refractivity contribution in [3.8, 4) is 0 Å². The maximum Gasteiger partial charge on any atom is 0.417 e. The molecule has 0 atom stereocenters. The minimum Gasteiger partial charge on any atom is -0.457 e. The molecule has 0 rings (SSSR count). The van der Waals surface area contributed by atoms with Gasteiger partial charge in [0, 0.05) is 19.8 Å². The van der Waals surface area contributed by atoms with E-state index < -0.39 is 0 Å². The Hall–Kier alpha value is -0.650. The zero-order valence-corrected chi connectivity index (χ0v) is 16.7. The first-order valence-corrected chi connectivity index (χ1v) is 10.4. The van der Waals surface area contributed by atoms with E-state index in [0.29, 0.717) is 13.4 Å². The molecule has 2 radical (unpaired) electrons. The Morgan fingerprint density at radius 2 is 0.923 bits per heavy atom. The second-order valence-electron chi connectivity index (χ2n) is 6.72. The highest BCUT2D eigenvalue weighted by molar-refractivity contribution is 5.37. The van der Waals surface area contributed by atoms with Gasteiger partial charge in [0.2, 0.25) is 0 Å². The zero-order valence-electron chi connectivity index (χ0n) is 16.7. The molecule has 5 heteroatoms. The fraction of sp³-hybridized carbons (Fsp3) is 0.905. The first-order chi connectivity index (χ1) is 12.9. The van der Waals surface area contributed by atoms with Crippen LogP contribution in [0.5, 0.6) is 0 Å². The Bertz CT molecular complexity index is 261. The second-order valence-corrected chi connectivity index (χ2v) is 6.72. The molecule has 0 aromatic rings. The van der Waals surface area contributed by atoms with Crippen LogP contribution in [-0.2, 0) is 23.7 Å². The Balaban J connectivity index is 2.96. The first-order valence-electron chi connectivity index (χ1n) is 10.4. The van der Waals surface area contributed by atoms with E-state index in [0.717, 1.165) is 39.1 Å². The Labute approximate surface area is 161 Å². The molecule has 0 spiro atoms. The Morgan fingerprint density at radius 1 is 0.538 bits per heavy atom. The smallest absolute Gasteiger partial charge is 0.417 e. The molecular weight excluding hydrogens is 332 g/mol. The molecule has 0 amide bonds. The maximum absolute atomic E-state index is 9.85. The highest BCUT2D eigenvalue weighted by Gasteiger charge is 1.95. The van der Waals surface area contributed by atoms with Crippen molar-refractivity contribution in [1.29, 1.82) is 0 Å². The van der Waals surface area contributed by atoms with Crippen LogP contribution in [0.4, 0.5) is 0 Å². The van der Waals surface area contributed by atoms with E-state index in [1.54, 1.807) is 0 Å². The van der Waals surface area contributed by atoms with Crippen LogP contribution in [0.25, 0.3) is 0 Å². The predicted molar refractivity (Wildman–Crippen MR) is 104 cm³/mol. The first kappa shape index (κ1) is 25.4. The number of hydrogen-bond donors (Lipinski definition) is 0. The summed E-state index contributed by atoms with van der Waals surface area (Å²) in [6.07, 6.45) is 17.0. The molecule has 0 aromatic heterocycles. The van der Waals surface area contributed by atoms with Crippen molar-refractivity contribution >= 4 is 6.47 Å². The number of ether oxygens (including phenoxy) is 4. The molecule has 0 saturated heterocycles. The summed E-state index contributed by atoms with van der Waals surface area (Å²) in [6.45, 7) is 4.86. The lowest BCUT2D eigenvalue weighted by Crippen LogP contribution is -1.98. The van der Waals surface area contributed by atoms with E-state index in [2.05, 4.69) is 16.6 Å². The largest absolute Gasteiger partial charge is 0.457 e. The molecule has 0 unspecified atom stereocenters. The molecule has 0 aromatic carbocycles. The van der Waals surface area contributed by atoms with Crippen molar-refractivity contribution < 1.29 is 23.7 Å². The van der Waals surface area contributed by atoms with Gasteiger partial charge in [-0.05, 0) is 25.7 Å². The van der Waals surface area contributed by atoms with Gasteiger partial charge in [0.25, 0.3) is 0 Å². The van der Waals surface area contributed by atoms with Crippen LogP contribution in [0, 0.1) is 7.11 Å². The van der Waals surface area contributed by atoms with Crippen LogP contribution >= 0.6 is 0 Å². The second kappa shape index (κ2) is 24.4. The normalized spacial score (nSPS) is 11.0. The lowest BCUT2D eigenvalue weighted by atomic mass is 10.1. The Kier molecular flexibility index (Phi) is 23.7. The molecular formula is C21H40O5. The lowest BCUT2D eigenvalue weighted by molar-refractivity contribution is -0.0156. The average molecular weight is 373 g/mol. The summed E-state index contributed by atoms with van der Waals surface area (Å²) in [6, 6.07) is 0. The monoisotopic (exact) mass is 372 g/mol. The van der Waals surface area contributed by atoms with Crippen LogP contribution in [-0.4, -0.2) is 39.7 Å². The summed E-state index contributed by atoms with van der Waals surface area (Å²) in [5.74, 6) is 0. The van der Waals surface area contributed by atoms with Gasteiger partial charge in [0.1, 0.15) is 6.79 Å². The quantitative estimate of drug-likeness (QED) is 0.179. The van der Waals surface area contributed by atoms with Crippen LogP contribution in [0.1, 0.15) is 89.9 Å². The predicted octanol–water partition coefficient (Wildman–Crippen LogP) is 5.33. The molecule has 26 heavy (non-hydrogen) atoms. The van der Waals surface area contributed by atoms with Crippen molar-refractivity contribution in [1.82, 2.24) is 0 Å². The summed E-state index contributed by atoms with van der Waals surface area (Å²) in [4.78, 5) is 9.85. The van der Waals surface area contributed by atoms with E-state index >= 15 is 0 Å². The molecule has 0 aliphatic heterocycles. The van der Waals surface area contributed by atoms with Gasteiger partial charge in [-0.15, -0.1) is 0 Å². The zero-order chi connectivity index (χ0) is 19.0. The number of hydrogen-bond acceptors (Lipinski definition) is 5. The van der Waals surface area contributed by atoms with Gasteiger partial charge in [-0.2, -0.15) is 0 Å². The van der Waals surface area contributed by atoms with Gasteiger partial charge >= 0.3 is 6.47 Å². The van der Waals surface area contributed by atoms with Crippen molar-refractivity contribution in [2.45, 2.75) is 89.9 Å². The summed E-state index contributed by atoms with van der Waals surface area (Å²) in [5, 5.41) is 0. The van der Waals surface area contributed by atoms with Crippen LogP contribution in [0.15, 0.2) is 0 Å². The minimum atomic E-state index is 0.304. The van der Waals surface area contributed by atoms with Crippen molar-refractivity contribution in [2.24, 2.45) is 0 Å². The molecule has 0 fully saturated rings. The molecule has 0 N–H and O–H groups in total. The van der Waals surface area contributed by atoms with Crippen LogP contribution in [0.3, 0.4) is 0 Å². The lowest BCUT2D eigenvalue weighted by Gasteiger charge is -2.05. The van der Waals surface area contributed by atoms with Crippen molar-refractivity contribution in [3.63, 3.8) is 0 Å². The standard InChI is InChI=1S/C21H40O5/c1-23-21-26-19-15-11-7-3-5-9-13-17-24-16-12-8-4-2-6-10-14-18-25-20-22/h1-19,21H2. The molecule has 0 bridgehead atoms. The molecule has 0 aliphatic carbocycles. The van der Waals surface area contributed by atoms with Crippen molar-refractivity contribution in [3.05, 3.63) is 7.11 Å². The summed E-state index contributed by atoms with van der Waals surface area (Å²) < 4.78 is 20.0. The van der Waals surface area contributed by atoms with Gasteiger partial charge in [-0.3, -0.25) is 0 Å². The van der Waals surface area contributed by atoms with Crippen LogP contribution < -0.4 is 0 Å². The third kappa shape index (κ3) is 23.4. The topological polar surface area (TPSA) is 54.0 Å². The van der Waals surface area contributed by atoms with Crippen molar-refractivity contribution in [2.75, 3.05) is 33.2 Å². The van der Waals surface area contributed by atoms with Crippen LogP contribution in [0.2, 0.25) is 0 Å². The highest BCUT2D eigenvalue weighted by atomic mass is 16.7. The molecule has 0 aliphatic rings. The SMILES string of the molecule is [CH2]OCOCCCCCCCCCOCCCCCCCCCO[C]=O. The van der Waals surface area contributed by atoms with Gasteiger partial charge in [0.15, 0.2) is 0 Å². The van der Waals surface area contributed by atoms with E-state index in [1.165, 1.54) is 77.1 Å². The molecule has 0 saturated carbocycles. The summed E-state index contributed by atoms with van der Waals surface area (Å²) >= 11 is 0. The third-order valence-electron chi connectivity index (χ3n) is 4.34. The molecule has 5 nitrogen and oxygen atoms in total. The summed E-state index contributed by atoms with van der Waals surface area (Å²) in [7, 11) is 3.26. The average Bonchev–Trinajstić information content (AvgIpc) is 2.66. The van der Waals surface area contributed by atoms with Gasteiger partial charge in [-0.1, -0.05) is 64.2 Å². The van der Waals surface area contributed by atoms with E-state index in [4.69, 9.17) is 9.47 Å². The van der Waals surface area contributed by atoms with E-state index in [-0.39, 0.29) is 0 Å². The fourth-order valence-electron chi connectivity index (χ4n) is 2.82. The minimum absolute atomic E-state index is 0.304.